The number of hydrogen-bond donors (Lipinski definition) is 0. The lowest BCUT2D eigenvalue weighted by atomic mass is 9.97. The Labute approximate surface area is 158 Å². The number of nitrogens with zero attached hydrogens (tertiary/aromatic N) is 4. The summed E-state index contributed by atoms with van der Waals surface area (Å²) in [6, 6.07) is 13.8. The zero-order chi connectivity index (χ0) is 18.6. The molecule has 138 valence electrons. The highest BCUT2D eigenvalue weighted by molar-refractivity contribution is 5.77. The number of amides is 1. The van der Waals surface area contributed by atoms with E-state index in [-0.39, 0.29) is 11.8 Å². The van der Waals surface area contributed by atoms with Crippen LogP contribution in [0.2, 0.25) is 0 Å². The van der Waals surface area contributed by atoms with E-state index in [1.165, 1.54) is 0 Å². The zero-order valence-electron chi connectivity index (χ0n) is 15.3. The molecule has 1 atom stereocenters. The van der Waals surface area contributed by atoms with Crippen LogP contribution in [0.25, 0.3) is 11.4 Å². The summed E-state index contributed by atoms with van der Waals surface area (Å²) >= 11 is 0. The van der Waals surface area contributed by atoms with Gasteiger partial charge in [-0.3, -0.25) is 9.78 Å². The highest BCUT2D eigenvalue weighted by atomic mass is 16.5. The number of hydrogen-bond acceptors (Lipinski definition) is 5. The van der Waals surface area contributed by atoms with Crippen LogP contribution in [0.5, 0.6) is 0 Å². The van der Waals surface area contributed by atoms with Gasteiger partial charge in [0.25, 0.3) is 0 Å². The first kappa shape index (κ1) is 17.4. The molecule has 2 aromatic heterocycles. The quantitative estimate of drug-likeness (QED) is 0.696. The Morgan fingerprint density at radius 3 is 2.85 bits per heavy atom. The number of aromatic nitrogens is 3. The zero-order valence-corrected chi connectivity index (χ0v) is 15.3. The number of carbonyl (C=O) groups is 1. The third-order valence-corrected chi connectivity index (χ3v) is 5.04. The van der Waals surface area contributed by atoms with Crippen LogP contribution in [0.4, 0.5) is 0 Å². The van der Waals surface area contributed by atoms with Gasteiger partial charge in [-0.1, -0.05) is 35.5 Å². The van der Waals surface area contributed by atoms with Crippen LogP contribution in [0.1, 0.15) is 35.9 Å². The molecular formula is C21H22N4O2. The molecule has 6 nitrogen and oxygen atoms in total. The lowest BCUT2D eigenvalue weighted by Crippen LogP contribution is -2.40. The minimum absolute atomic E-state index is 0.0803. The molecule has 1 aromatic carbocycles. The van der Waals surface area contributed by atoms with Crippen molar-refractivity contribution < 1.29 is 9.32 Å². The molecule has 3 aromatic rings. The van der Waals surface area contributed by atoms with Crippen molar-refractivity contribution >= 4 is 5.91 Å². The van der Waals surface area contributed by atoms with Crippen LogP contribution in [-0.4, -0.2) is 39.0 Å². The molecule has 1 aliphatic rings. The van der Waals surface area contributed by atoms with Gasteiger partial charge >= 0.3 is 0 Å². The molecule has 1 fully saturated rings. The summed E-state index contributed by atoms with van der Waals surface area (Å²) in [7, 11) is 0. The minimum atomic E-state index is 0.0803. The molecule has 6 heteroatoms. The molecule has 0 spiro atoms. The fourth-order valence-electron chi connectivity index (χ4n) is 3.46. The van der Waals surface area contributed by atoms with Crippen LogP contribution < -0.4 is 0 Å². The van der Waals surface area contributed by atoms with Crippen molar-refractivity contribution in [1.82, 2.24) is 20.0 Å². The number of benzene rings is 1. The molecule has 0 aliphatic carbocycles. The number of aryl methyl sites for hydroxylation is 1. The maximum atomic E-state index is 12.3. The van der Waals surface area contributed by atoms with Gasteiger partial charge in [-0.05, 0) is 31.0 Å². The van der Waals surface area contributed by atoms with Crippen molar-refractivity contribution in [2.45, 2.75) is 32.1 Å². The van der Waals surface area contributed by atoms with Crippen LogP contribution in [0.15, 0.2) is 53.2 Å². The van der Waals surface area contributed by atoms with Gasteiger partial charge in [0.15, 0.2) is 0 Å². The smallest absolute Gasteiger partial charge is 0.231 e. The summed E-state index contributed by atoms with van der Waals surface area (Å²) < 4.78 is 5.55. The average Bonchev–Trinajstić information content (AvgIpc) is 3.18. The van der Waals surface area contributed by atoms with Crippen molar-refractivity contribution in [3.63, 3.8) is 0 Å². The Kier molecular flexibility index (Phi) is 4.96. The first-order chi connectivity index (χ1) is 13.2. The van der Waals surface area contributed by atoms with E-state index in [2.05, 4.69) is 15.1 Å². The highest BCUT2D eigenvalue weighted by Gasteiger charge is 2.30. The average molecular weight is 362 g/mol. The third kappa shape index (κ3) is 3.89. The first-order valence-corrected chi connectivity index (χ1v) is 9.28. The Morgan fingerprint density at radius 1 is 1.19 bits per heavy atom. The summed E-state index contributed by atoms with van der Waals surface area (Å²) in [5.41, 5.74) is 3.08. The van der Waals surface area contributed by atoms with Gasteiger partial charge in [-0.15, -0.1) is 0 Å². The largest absolute Gasteiger partial charge is 0.342 e. The van der Waals surface area contributed by atoms with Gasteiger partial charge in [0.1, 0.15) is 0 Å². The molecule has 0 saturated carbocycles. The molecule has 3 heterocycles. The molecule has 27 heavy (non-hydrogen) atoms. The fourth-order valence-corrected chi connectivity index (χ4v) is 3.46. The second-order valence-electron chi connectivity index (χ2n) is 6.92. The van der Waals surface area contributed by atoms with Gasteiger partial charge < -0.3 is 9.42 Å². The number of rotatable bonds is 5. The van der Waals surface area contributed by atoms with Gasteiger partial charge in [0, 0.05) is 43.4 Å². The lowest BCUT2D eigenvalue weighted by molar-refractivity contribution is -0.133. The predicted octanol–water partition coefficient (Wildman–Crippen LogP) is 3.39. The maximum Gasteiger partial charge on any atom is 0.231 e. The normalized spacial score (nSPS) is 17.3. The standard InChI is InChI=1S/C21H22N4O2/c1-15-6-2-3-8-18(15)20-23-21(27-24-20)16-9-10-19(26)25(14-16)13-11-17-7-4-5-12-22-17/h2-8,12,16H,9-11,13-14H2,1H3/t16-/m1/s1. The van der Waals surface area contributed by atoms with Crippen LogP contribution >= 0.6 is 0 Å². The molecule has 0 bridgehead atoms. The van der Waals surface area contributed by atoms with Gasteiger partial charge in [-0.25, -0.2) is 0 Å². The van der Waals surface area contributed by atoms with Crippen LogP contribution in [-0.2, 0) is 11.2 Å². The Balaban J connectivity index is 1.45. The molecule has 1 amide bonds. The molecule has 0 N–H and O–H groups in total. The first-order valence-electron chi connectivity index (χ1n) is 9.28. The van der Waals surface area contributed by atoms with E-state index in [1.807, 2.05) is 54.3 Å². The van der Waals surface area contributed by atoms with Crippen LogP contribution in [0, 0.1) is 6.92 Å². The Morgan fingerprint density at radius 2 is 2.04 bits per heavy atom. The van der Waals surface area contributed by atoms with Crippen molar-refractivity contribution in [3.05, 3.63) is 65.8 Å². The summed E-state index contributed by atoms with van der Waals surface area (Å²) in [6.07, 6.45) is 3.78. The van der Waals surface area contributed by atoms with Crippen molar-refractivity contribution in [2.24, 2.45) is 0 Å². The number of piperidine rings is 1. The van der Waals surface area contributed by atoms with Gasteiger partial charge in [0.05, 0.1) is 5.92 Å². The van der Waals surface area contributed by atoms with Crippen molar-refractivity contribution in [1.29, 1.82) is 0 Å². The minimum Gasteiger partial charge on any atom is -0.342 e. The van der Waals surface area contributed by atoms with E-state index in [1.54, 1.807) is 6.20 Å². The van der Waals surface area contributed by atoms with Crippen molar-refractivity contribution in [3.8, 4) is 11.4 Å². The second-order valence-corrected chi connectivity index (χ2v) is 6.92. The van der Waals surface area contributed by atoms with E-state index in [0.717, 1.165) is 29.7 Å². The number of carbonyl (C=O) groups excluding carboxylic acids is 1. The van der Waals surface area contributed by atoms with Crippen molar-refractivity contribution in [2.75, 3.05) is 13.1 Å². The second kappa shape index (κ2) is 7.70. The molecule has 1 aliphatic heterocycles. The summed E-state index contributed by atoms with van der Waals surface area (Å²) in [4.78, 5) is 23.1. The highest BCUT2D eigenvalue weighted by Crippen LogP contribution is 2.29. The summed E-state index contributed by atoms with van der Waals surface area (Å²) in [6.45, 7) is 3.30. The number of pyridine rings is 1. The monoisotopic (exact) mass is 362 g/mol. The molecular weight excluding hydrogens is 340 g/mol. The van der Waals surface area contributed by atoms with Gasteiger partial charge in [-0.2, -0.15) is 4.98 Å². The molecule has 0 radical (unpaired) electrons. The van der Waals surface area contributed by atoms with E-state index in [9.17, 15) is 4.79 Å². The van der Waals surface area contributed by atoms with Gasteiger partial charge in [0.2, 0.25) is 17.6 Å². The van der Waals surface area contributed by atoms with E-state index in [4.69, 9.17) is 4.52 Å². The lowest BCUT2D eigenvalue weighted by Gasteiger charge is -2.30. The topological polar surface area (TPSA) is 72.1 Å². The molecule has 0 unspecified atom stereocenters. The predicted molar refractivity (Wildman–Crippen MR) is 101 cm³/mol. The van der Waals surface area contributed by atoms with Crippen LogP contribution in [0.3, 0.4) is 0 Å². The molecule has 4 rings (SSSR count). The third-order valence-electron chi connectivity index (χ3n) is 5.04. The maximum absolute atomic E-state index is 12.3. The summed E-state index contributed by atoms with van der Waals surface area (Å²) in [5.74, 6) is 1.49. The Hall–Kier alpha value is -3.02. The Bertz CT molecular complexity index is 923. The SMILES string of the molecule is Cc1ccccc1-c1noc([C@@H]2CCC(=O)N(CCc3ccccn3)C2)n1. The van der Waals surface area contributed by atoms with E-state index < -0.39 is 0 Å². The number of likely N-dealkylation sites (tertiary alicyclic amines) is 1. The molecule has 1 saturated heterocycles. The fraction of sp³-hybridized carbons (Fsp3) is 0.333. The summed E-state index contributed by atoms with van der Waals surface area (Å²) in [5, 5.41) is 4.16. The van der Waals surface area contributed by atoms with E-state index >= 15 is 0 Å². The van der Waals surface area contributed by atoms with E-state index in [0.29, 0.717) is 31.2 Å².